The van der Waals surface area contributed by atoms with Crippen LogP contribution >= 0.6 is 0 Å². The Labute approximate surface area is 135 Å². The molecule has 0 aliphatic carbocycles. The molecule has 118 valence electrons. The summed E-state index contributed by atoms with van der Waals surface area (Å²) >= 11 is 0. The maximum absolute atomic E-state index is 11.9. The number of piperazine rings is 1. The number of hydrogen-bond acceptors (Lipinski definition) is 3. The largest absolute Gasteiger partial charge is 0.351 e. The van der Waals surface area contributed by atoms with Crippen LogP contribution < -0.4 is 11.1 Å². The highest BCUT2D eigenvalue weighted by atomic mass is 16.2. The van der Waals surface area contributed by atoms with Crippen LogP contribution in [0.5, 0.6) is 0 Å². The number of urea groups is 1. The van der Waals surface area contributed by atoms with E-state index in [4.69, 9.17) is 5.73 Å². The number of aryl methyl sites for hydroxylation is 1. The molecule has 2 bridgehead atoms. The Morgan fingerprint density at radius 2 is 2.26 bits per heavy atom. The van der Waals surface area contributed by atoms with Gasteiger partial charge in [-0.3, -0.25) is 4.98 Å². The van der Waals surface area contributed by atoms with Gasteiger partial charge in [0.1, 0.15) is 0 Å². The van der Waals surface area contributed by atoms with Crippen LogP contribution in [0.2, 0.25) is 0 Å². The molecule has 2 amide bonds. The van der Waals surface area contributed by atoms with Crippen molar-refractivity contribution in [2.45, 2.75) is 24.9 Å². The number of aromatic nitrogens is 1. The molecule has 23 heavy (non-hydrogen) atoms. The average molecular weight is 308 g/mol. The molecule has 2 aromatic rings. The van der Waals surface area contributed by atoms with Gasteiger partial charge in [0.2, 0.25) is 0 Å². The molecule has 3 N–H and O–H groups in total. The fraction of sp³-hybridized carbons (Fsp3) is 0.333. The van der Waals surface area contributed by atoms with E-state index in [2.05, 4.69) is 35.4 Å². The molecule has 0 saturated carbocycles. The molecular weight excluding hydrogens is 288 g/mol. The Hall–Kier alpha value is -2.40. The van der Waals surface area contributed by atoms with E-state index in [1.807, 2.05) is 23.1 Å². The van der Waals surface area contributed by atoms with Gasteiger partial charge in [0.05, 0.1) is 11.2 Å². The van der Waals surface area contributed by atoms with Crippen LogP contribution in [-0.4, -0.2) is 35.0 Å². The Balaban J connectivity index is 1.82. The summed E-state index contributed by atoms with van der Waals surface area (Å²) in [6.45, 7) is 3.52. The number of fused-ring (bicyclic) bond motifs is 2. The predicted molar refractivity (Wildman–Crippen MR) is 88.8 cm³/mol. The van der Waals surface area contributed by atoms with Crippen LogP contribution in [0.4, 0.5) is 4.79 Å². The van der Waals surface area contributed by atoms with Crippen LogP contribution in [0.15, 0.2) is 42.6 Å². The standard InChI is InChI=1S/C18H20N4O/c1-12-5-6-13(8-15(12)16-4-2-3-7-20-16)18-9-14(21-11-18)10-22(18)17(19)23/h2-8,14,21H,9-11H2,1H3,(H2,19,23). The number of hydrogen-bond donors (Lipinski definition) is 2. The van der Waals surface area contributed by atoms with Gasteiger partial charge in [-0.25, -0.2) is 4.79 Å². The normalized spacial score (nSPS) is 25.8. The second-order valence-corrected chi connectivity index (χ2v) is 6.51. The van der Waals surface area contributed by atoms with E-state index >= 15 is 0 Å². The second kappa shape index (κ2) is 5.06. The smallest absolute Gasteiger partial charge is 0.315 e. The Bertz CT molecular complexity index is 761. The Morgan fingerprint density at radius 1 is 1.39 bits per heavy atom. The van der Waals surface area contributed by atoms with Gasteiger partial charge in [-0.1, -0.05) is 18.2 Å². The number of rotatable bonds is 2. The summed E-state index contributed by atoms with van der Waals surface area (Å²) in [4.78, 5) is 18.2. The molecule has 2 aliphatic heterocycles. The van der Waals surface area contributed by atoms with Crippen molar-refractivity contribution < 1.29 is 4.79 Å². The van der Waals surface area contributed by atoms with E-state index in [1.165, 1.54) is 5.56 Å². The number of benzene rings is 1. The van der Waals surface area contributed by atoms with Crippen molar-refractivity contribution in [3.63, 3.8) is 0 Å². The van der Waals surface area contributed by atoms with Crippen LogP contribution in [-0.2, 0) is 5.54 Å². The zero-order valence-corrected chi connectivity index (χ0v) is 13.1. The molecule has 4 rings (SSSR count). The zero-order chi connectivity index (χ0) is 16.0. The first kappa shape index (κ1) is 14.2. The molecule has 1 aromatic heterocycles. The number of amides is 2. The molecule has 3 heterocycles. The Morgan fingerprint density at radius 3 is 2.96 bits per heavy atom. The molecular formula is C18H20N4O. The van der Waals surface area contributed by atoms with Gasteiger partial charge >= 0.3 is 6.03 Å². The number of pyridine rings is 1. The number of nitrogens with one attached hydrogen (secondary N) is 1. The quantitative estimate of drug-likeness (QED) is 0.891. The van der Waals surface area contributed by atoms with Crippen molar-refractivity contribution >= 4 is 6.03 Å². The number of primary amides is 1. The lowest BCUT2D eigenvalue weighted by molar-refractivity contribution is 0.146. The summed E-state index contributed by atoms with van der Waals surface area (Å²) in [5, 5.41) is 3.49. The third kappa shape index (κ3) is 2.11. The SMILES string of the molecule is Cc1ccc(C23CNC(CN2C(N)=O)C3)cc1-c1ccccn1. The maximum Gasteiger partial charge on any atom is 0.315 e. The van der Waals surface area contributed by atoms with Crippen molar-refractivity contribution in [1.29, 1.82) is 0 Å². The highest BCUT2D eigenvalue weighted by molar-refractivity contribution is 5.75. The van der Waals surface area contributed by atoms with Crippen molar-refractivity contribution in [3.05, 3.63) is 53.7 Å². The molecule has 2 atom stereocenters. The highest BCUT2D eigenvalue weighted by Gasteiger charge is 2.53. The first-order valence-corrected chi connectivity index (χ1v) is 7.93. The van der Waals surface area contributed by atoms with E-state index in [-0.39, 0.29) is 11.6 Å². The van der Waals surface area contributed by atoms with Gasteiger partial charge in [0.15, 0.2) is 0 Å². The lowest BCUT2D eigenvalue weighted by Gasteiger charge is -2.38. The fourth-order valence-electron chi connectivity index (χ4n) is 3.98. The number of nitrogens with zero attached hydrogens (tertiary/aromatic N) is 2. The third-order valence-electron chi connectivity index (χ3n) is 5.17. The molecule has 0 spiro atoms. The lowest BCUT2D eigenvalue weighted by atomic mass is 9.86. The van der Waals surface area contributed by atoms with Crippen molar-refractivity contribution in [2.24, 2.45) is 5.73 Å². The van der Waals surface area contributed by atoms with Gasteiger partial charge in [-0.15, -0.1) is 0 Å². The molecule has 2 saturated heterocycles. The van der Waals surface area contributed by atoms with Crippen molar-refractivity contribution in [1.82, 2.24) is 15.2 Å². The van der Waals surface area contributed by atoms with E-state index in [0.717, 1.165) is 29.8 Å². The molecule has 0 radical (unpaired) electrons. The monoisotopic (exact) mass is 308 g/mol. The van der Waals surface area contributed by atoms with Crippen LogP contribution in [0.25, 0.3) is 11.3 Å². The van der Waals surface area contributed by atoms with Gasteiger partial charge in [0, 0.05) is 30.9 Å². The molecule has 2 unspecified atom stereocenters. The summed E-state index contributed by atoms with van der Waals surface area (Å²) in [6, 6.07) is 12.3. The first-order chi connectivity index (χ1) is 11.1. The topological polar surface area (TPSA) is 71.2 Å². The van der Waals surface area contributed by atoms with E-state index < -0.39 is 0 Å². The third-order valence-corrected chi connectivity index (χ3v) is 5.17. The summed E-state index contributed by atoms with van der Waals surface area (Å²) in [5.41, 5.74) is 9.68. The van der Waals surface area contributed by atoms with E-state index in [0.29, 0.717) is 12.6 Å². The summed E-state index contributed by atoms with van der Waals surface area (Å²) in [6.07, 6.45) is 2.72. The molecule has 5 heteroatoms. The van der Waals surface area contributed by atoms with Crippen molar-refractivity contribution in [2.75, 3.05) is 13.1 Å². The minimum atomic E-state index is -0.339. The molecule has 2 aliphatic rings. The fourth-order valence-corrected chi connectivity index (χ4v) is 3.98. The summed E-state index contributed by atoms with van der Waals surface area (Å²) in [5.74, 6) is 0. The minimum absolute atomic E-state index is 0.326. The van der Waals surface area contributed by atoms with Gasteiger partial charge in [0.25, 0.3) is 0 Å². The van der Waals surface area contributed by atoms with Crippen LogP contribution in [0.3, 0.4) is 0 Å². The lowest BCUT2D eigenvalue weighted by Crippen LogP contribution is -2.54. The predicted octanol–water partition coefficient (Wildman–Crippen LogP) is 2.01. The number of carbonyl (C=O) groups is 1. The van der Waals surface area contributed by atoms with Gasteiger partial charge in [-0.2, -0.15) is 0 Å². The van der Waals surface area contributed by atoms with Gasteiger partial charge in [-0.05, 0) is 42.7 Å². The van der Waals surface area contributed by atoms with E-state index in [9.17, 15) is 4.79 Å². The summed E-state index contributed by atoms with van der Waals surface area (Å²) < 4.78 is 0. The molecule has 1 aromatic carbocycles. The molecule has 2 fully saturated rings. The number of nitrogens with two attached hydrogens (primary N) is 1. The minimum Gasteiger partial charge on any atom is -0.351 e. The first-order valence-electron chi connectivity index (χ1n) is 7.93. The summed E-state index contributed by atoms with van der Waals surface area (Å²) in [7, 11) is 0. The second-order valence-electron chi connectivity index (χ2n) is 6.51. The Kier molecular flexibility index (Phi) is 3.13. The van der Waals surface area contributed by atoms with Gasteiger partial charge < -0.3 is 16.0 Å². The molecule has 5 nitrogen and oxygen atoms in total. The highest BCUT2D eigenvalue weighted by Crippen LogP contribution is 2.43. The zero-order valence-electron chi connectivity index (χ0n) is 13.1. The number of likely N-dealkylation sites (tertiary alicyclic amines) is 1. The van der Waals surface area contributed by atoms with Crippen LogP contribution in [0, 0.1) is 6.92 Å². The van der Waals surface area contributed by atoms with E-state index in [1.54, 1.807) is 6.20 Å². The average Bonchev–Trinajstić information content (AvgIpc) is 3.15. The van der Waals surface area contributed by atoms with Crippen LogP contribution in [0.1, 0.15) is 17.5 Å². The number of carbonyl (C=O) groups excluding carboxylic acids is 1. The maximum atomic E-state index is 11.9. The van der Waals surface area contributed by atoms with Crippen molar-refractivity contribution in [3.8, 4) is 11.3 Å².